The number of rotatable bonds is 4. The van der Waals surface area contributed by atoms with Crippen LogP contribution >= 0.6 is 28.1 Å². The number of halogens is 1. The molecule has 0 atom stereocenters. The molecule has 4 nitrogen and oxygen atoms in total. The number of anilines is 1. The van der Waals surface area contributed by atoms with Gasteiger partial charge in [-0.15, -0.1) is 0 Å². The van der Waals surface area contributed by atoms with Gasteiger partial charge < -0.3 is 10.1 Å². The van der Waals surface area contributed by atoms with Gasteiger partial charge in [-0.25, -0.2) is 0 Å². The first-order chi connectivity index (χ1) is 10.9. The van der Waals surface area contributed by atoms with Crippen molar-refractivity contribution in [3.8, 4) is 5.75 Å². The van der Waals surface area contributed by atoms with Crippen molar-refractivity contribution in [2.24, 2.45) is 0 Å². The van der Waals surface area contributed by atoms with Crippen LogP contribution < -0.4 is 15.4 Å². The van der Waals surface area contributed by atoms with Gasteiger partial charge in [0.15, 0.2) is 5.11 Å². The fourth-order valence-corrected chi connectivity index (χ4v) is 2.33. The molecule has 0 aliphatic heterocycles. The molecule has 0 aromatic heterocycles. The Morgan fingerprint density at radius 1 is 1.17 bits per heavy atom. The summed E-state index contributed by atoms with van der Waals surface area (Å²) >= 11 is 8.53. The van der Waals surface area contributed by atoms with Crippen molar-refractivity contribution in [3.63, 3.8) is 0 Å². The highest BCUT2D eigenvalue weighted by molar-refractivity contribution is 9.10. The Bertz CT molecular complexity index is 702. The Morgan fingerprint density at radius 2 is 1.87 bits per heavy atom. The van der Waals surface area contributed by atoms with Crippen LogP contribution in [0.2, 0.25) is 0 Å². The monoisotopic (exact) mass is 392 g/mol. The van der Waals surface area contributed by atoms with Gasteiger partial charge in [0, 0.05) is 15.7 Å². The topological polar surface area (TPSA) is 50.4 Å². The number of hydrogen-bond donors (Lipinski definition) is 2. The van der Waals surface area contributed by atoms with Crippen molar-refractivity contribution in [2.45, 2.75) is 20.0 Å². The maximum Gasteiger partial charge on any atom is 0.257 e. The van der Waals surface area contributed by atoms with Gasteiger partial charge in [-0.2, -0.15) is 0 Å². The van der Waals surface area contributed by atoms with E-state index in [1.807, 2.05) is 44.2 Å². The number of nitrogens with one attached hydrogen (secondary N) is 2. The van der Waals surface area contributed by atoms with Crippen molar-refractivity contribution >= 4 is 44.9 Å². The Hall–Kier alpha value is -1.92. The summed E-state index contributed by atoms with van der Waals surface area (Å²) in [5.41, 5.74) is 1.29. The minimum Gasteiger partial charge on any atom is -0.491 e. The second-order valence-electron chi connectivity index (χ2n) is 5.11. The van der Waals surface area contributed by atoms with Gasteiger partial charge in [0.25, 0.3) is 5.91 Å². The fourth-order valence-electron chi connectivity index (χ4n) is 1.85. The molecule has 0 radical (unpaired) electrons. The fraction of sp³-hybridized carbons (Fsp3) is 0.176. The van der Waals surface area contributed by atoms with Crippen LogP contribution in [0, 0.1) is 0 Å². The van der Waals surface area contributed by atoms with Gasteiger partial charge in [0.1, 0.15) is 5.75 Å². The van der Waals surface area contributed by atoms with Crippen molar-refractivity contribution in [2.75, 3.05) is 5.32 Å². The standard InChI is InChI=1S/C17H17BrN2O2S/c1-11(2)22-15-5-3-4-12(10-15)16(21)20-17(23)19-14-8-6-13(18)7-9-14/h3-11H,1-2H3,(H2,19,20,21,23). The third-order valence-electron chi connectivity index (χ3n) is 2.80. The second kappa shape index (κ2) is 8.08. The smallest absolute Gasteiger partial charge is 0.257 e. The number of hydrogen-bond acceptors (Lipinski definition) is 3. The zero-order valence-electron chi connectivity index (χ0n) is 12.8. The highest BCUT2D eigenvalue weighted by Gasteiger charge is 2.09. The molecule has 2 rings (SSSR count). The SMILES string of the molecule is CC(C)Oc1cccc(C(=O)NC(=S)Nc2ccc(Br)cc2)c1. The summed E-state index contributed by atoms with van der Waals surface area (Å²) in [5, 5.41) is 5.86. The third kappa shape index (κ3) is 5.65. The van der Waals surface area contributed by atoms with Gasteiger partial charge in [0.05, 0.1) is 6.10 Å². The van der Waals surface area contributed by atoms with Crippen LogP contribution in [0.5, 0.6) is 5.75 Å². The molecular weight excluding hydrogens is 376 g/mol. The van der Waals surface area contributed by atoms with Crippen LogP contribution in [0.15, 0.2) is 53.0 Å². The molecule has 0 heterocycles. The predicted octanol–water partition coefficient (Wildman–Crippen LogP) is 4.36. The van der Waals surface area contributed by atoms with Crippen molar-refractivity contribution in [1.82, 2.24) is 5.32 Å². The van der Waals surface area contributed by atoms with Gasteiger partial charge in [-0.3, -0.25) is 10.1 Å². The van der Waals surface area contributed by atoms with Gasteiger partial charge in [0.2, 0.25) is 0 Å². The molecular formula is C17H17BrN2O2S. The van der Waals surface area contributed by atoms with Crippen LogP contribution in [-0.2, 0) is 0 Å². The van der Waals surface area contributed by atoms with Gasteiger partial charge >= 0.3 is 0 Å². The first kappa shape index (κ1) is 17.4. The molecule has 120 valence electrons. The van der Waals surface area contributed by atoms with Crippen LogP contribution in [-0.4, -0.2) is 17.1 Å². The maximum absolute atomic E-state index is 12.2. The molecule has 0 aliphatic carbocycles. The van der Waals surface area contributed by atoms with E-state index in [-0.39, 0.29) is 17.1 Å². The number of ether oxygens (including phenoxy) is 1. The van der Waals surface area contributed by atoms with E-state index in [0.717, 1.165) is 10.2 Å². The Morgan fingerprint density at radius 3 is 2.52 bits per heavy atom. The molecule has 6 heteroatoms. The minimum atomic E-state index is -0.284. The van der Waals surface area contributed by atoms with E-state index in [0.29, 0.717) is 11.3 Å². The molecule has 0 bridgehead atoms. The first-order valence-corrected chi connectivity index (χ1v) is 8.29. The molecule has 0 spiro atoms. The highest BCUT2D eigenvalue weighted by atomic mass is 79.9. The van der Waals surface area contributed by atoms with E-state index in [1.54, 1.807) is 18.2 Å². The summed E-state index contributed by atoms with van der Waals surface area (Å²) in [5.74, 6) is 0.369. The second-order valence-corrected chi connectivity index (χ2v) is 6.43. The van der Waals surface area contributed by atoms with Crippen LogP contribution in [0.1, 0.15) is 24.2 Å². The molecule has 1 amide bonds. The molecule has 0 fully saturated rings. The normalized spacial score (nSPS) is 10.3. The van der Waals surface area contributed by atoms with Crippen LogP contribution in [0.3, 0.4) is 0 Å². The van der Waals surface area contributed by atoms with E-state index in [1.165, 1.54) is 0 Å². The highest BCUT2D eigenvalue weighted by Crippen LogP contribution is 2.16. The summed E-state index contributed by atoms with van der Waals surface area (Å²) in [6, 6.07) is 14.5. The maximum atomic E-state index is 12.2. The lowest BCUT2D eigenvalue weighted by molar-refractivity contribution is 0.0977. The number of carbonyl (C=O) groups is 1. The quantitative estimate of drug-likeness (QED) is 0.758. The molecule has 0 saturated carbocycles. The third-order valence-corrected chi connectivity index (χ3v) is 3.53. The van der Waals surface area contributed by atoms with Crippen molar-refractivity contribution in [3.05, 3.63) is 58.6 Å². The Kier molecular flexibility index (Phi) is 6.12. The Balaban J connectivity index is 1.98. The Labute approximate surface area is 149 Å². The number of carbonyl (C=O) groups excluding carboxylic acids is 1. The molecule has 23 heavy (non-hydrogen) atoms. The van der Waals surface area contributed by atoms with E-state index < -0.39 is 0 Å². The molecule has 0 saturated heterocycles. The number of benzene rings is 2. The lowest BCUT2D eigenvalue weighted by Gasteiger charge is -2.12. The van der Waals surface area contributed by atoms with E-state index >= 15 is 0 Å². The summed E-state index contributed by atoms with van der Waals surface area (Å²) in [6.45, 7) is 3.87. The zero-order chi connectivity index (χ0) is 16.8. The summed E-state index contributed by atoms with van der Waals surface area (Å²) in [6.07, 6.45) is 0.0495. The molecule has 0 unspecified atom stereocenters. The van der Waals surface area contributed by atoms with Crippen LogP contribution in [0.4, 0.5) is 5.69 Å². The molecule has 2 N–H and O–H groups in total. The predicted molar refractivity (Wildman–Crippen MR) is 100 cm³/mol. The summed E-state index contributed by atoms with van der Waals surface area (Å²) < 4.78 is 6.56. The number of thiocarbonyl (C=S) groups is 1. The van der Waals surface area contributed by atoms with E-state index in [4.69, 9.17) is 17.0 Å². The lowest BCUT2D eigenvalue weighted by atomic mass is 10.2. The lowest BCUT2D eigenvalue weighted by Crippen LogP contribution is -2.34. The molecule has 2 aromatic rings. The van der Waals surface area contributed by atoms with Crippen molar-refractivity contribution < 1.29 is 9.53 Å². The van der Waals surface area contributed by atoms with E-state index in [2.05, 4.69) is 26.6 Å². The van der Waals surface area contributed by atoms with Gasteiger partial charge in [-0.05, 0) is 68.5 Å². The molecule has 0 aliphatic rings. The van der Waals surface area contributed by atoms with Crippen molar-refractivity contribution in [1.29, 1.82) is 0 Å². The summed E-state index contributed by atoms with van der Waals surface area (Å²) in [7, 11) is 0. The van der Waals surface area contributed by atoms with E-state index in [9.17, 15) is 4.79 Å². The molecule has 2 aromatic carbocycles. The zero-order valence-corrected chi connectivity index (χ0v) is 15.2. The average molecular weight is 393 g/mol. The minimum absolute atomic E-state index is 0.0495. The largest absolute Gasteiger partial charge is 0.491 e. The first-order valence-electron chi connectivity index (χ1n) is 7.08. The van der Waals surface area contributed by atoms with Gasteiger partial charge in [-0.1, -0.05) is 22.0 Å². The van der Waals surface area contributed by atoms with Crippen LogP contribution in [0.25, 0.3) is 0 Å². The number of amides is 1. The summed E-state index contributed by atoms with van der Waals surface area (Å²) in [4.78, 5) is 12.2. The average Bonchev–Trinajstić information content (AvgIpc) is 2.49.